The number of sulfone groups is 1. The van der Waals surface area contributed by atoms with Gasteiger partial charge in [0.25, 0.3) is 0 Å². The summed E-state index contributed by atoms with van der Waals surface area (Å²) in [5, 5.41) is 3.27. The predicted molar refractivity (Wildman–Crippen MR) is 66.4 cm³/mol. The van der Waals surface area contributed by atoms with E-state index in [9.17, 15) is 8.42 Å². The molecule has 1 aromatic rings. The van der Waals surface area contributed by atoms with Crippen molar-refractivity contribution in [3.8, 4) is 0 Å². The summed E-state index contributed by atoms with van der Waals surface area (Å²) in [6, 6.07) is 5.47. The SMILES string of the molecule is O=S1(=O)CC2(CC2)CNc2cccc(Br)c21. The number of benzene rings is 1. The highest BCUT2D eigenvalue weighted by Gasteiger charge is 2.48. The Morgan fingerprint density at radius 3 is 2.75 bits per heavy atom. The van der Waals surface area contributed by atoms with E-state index >= 15 is 0 Å². The molecule has 0 atom stereocenters. The maximum absolute atomic E-state index is 12.3. The average molecular weight is 302 g/mol. The molecule has 1 N–H and O–H groups in total. The van der Waals surface area contributed by atoms with Crippen molar-refractivity contribution < 1.29 is 8.42 Å². The van der Waals surface area contributed by atoms with Crippen molar-refractivity contribution in [2.24, 2.45) is 5.41 Å². The number of nitrogens with one attached hydrogen (secondary N) is 1. The third kappa shape index (κ3) is 1.57. The van der Waals surface area contributed by atoms with Crippen molar-refractivity contribution in [3.05, 3.63) is 22.7 Å². The fraction of sp³-hybridized carbons (Fsp3) is 0.455. The minimum absolute atomic E-state index is 0.00269. The molecule has 3 nitrogen and oxygen atoms in total. The highest BCUT2D eigenvalue weighted by molar-refractivity contribution is 9.10. The number of halogens is 1. The van der Waals surface area contributed by atoms with Crippen LogP contribution < -0.4 is 5.32 Å². The molecule has 0 radical (unpaired) electrons. The van der Waals surface area contributed by atoms with E-state index in [4.69, 9.17) is 0 Å². The molecule has 1 heterocycles. The Morgan fingerprint density at radius 2 is 2.06 bits per heavy atom. The Balaban J connectivity index is 2.20. The zero-order valence-electron chi connectivity index (χ0n) is 8.66. The Hall–Kier alpha value is -0.550. The lowest BCUT2D eigenvalue weighted by Gasteiger charge is -2.09. The molecule has 1 spiro atoms. The van der Waals surface area contributed by atoms with E-state index in [1.54, 1.807) is 6.07 Å². The maximum Gasteiger partial charge on any atom is 0.182 e. The van der Waals surface area contributed by atoms with E-state index in [2.05, 4.69) is 21.2 Å². The standard InChI is InChI=1S/C11H12BrNO2S/c12-8-2-1-3-9-10(8)16(14,15)7-11(4-5-11)6-13-9/h1-3,13H,4-7H2. The molecule has 1 fully saturated rings. The monoisotopic (exact) mass is 301 g/mol. The van der Waals surface area contributed by atoms with Gasteiger partial charge in [-0.2, -0.15) is 0 Å². The quantitative estimate of drug-likeness (QED) is 0.800. The molecule has 3 rings (SSSR count). The summed E-state index contributed by atoms with van der Waals surface area (Å²) in [5.74, 6) is 0.280. The fourth-order valence-corrected chi connectivity index (χ4v) is 5.56. The first kappa shape index (κ1) is 10.6. The van der Waals surface area contributed by atoms with Crippen LogP contribution in [-0.2, 0) is 9.84 Å². The highest BCUT2D eigenvalue weighted by atomic mass is 79.9. The molecule has 1 aliphatic heterocycles. The predicted octanol–water partition coefficient (Wildman–Crippen LogP) is 2.43. The highest BCUT2D eigenvalue weighted by Crippen LogP contribution is 2.50. The third-order valence-electron chi connectivity index (χ3n) is 3.39. The summed E-state index contributed by atoms with van der Waals surface area (Å²) in [7, 11) is -3.16. The lowest BCUT2D eigenvalue weighted by atomic mass is 10.1. The van der Waals surface area contributed by atoms with Crippen LogP contribution in [0.2, 0.25) is 0 Å². The molecule has 0 unspecified atom stereocenters. The molecule has 1 aromatic carbocycles. The van der Waals surface area contributed by atoms with Crippen molar-refractivity contribution in [1.29, 1.82) is 0 Å². The number of hydrogen-bond donors (Lipinski definition) is 1. The second-order valence-electron chi connectivity index (χ2n) is 4.73. The van der Waals surface area contributed by atoms with Gasteiger partial charge in [0.15, 0.2) is 9.84 Å². The molecule has 2 aliphatic rings. The normalized spacial score (nSPS) is 24.3. The van der Waals surface area contributed by atoms with Crippen LogP contribution in [0.1, 0.15) is 12.8 Å². The van der Waals surface area contributed by atoms with Crippen LogP contribution in [0.3, 0.4) is 0 Å². The van der Waals surface area contributed by atoms with E-state index in [1.807, 2.05) is 12.1 Å². The van der Waals surface area contributed by atoms with E-state index < -0.39 is 9.84 Å². The molecule has 16 heavy (non-hydrogen) atoms. The van der Waals surface area contributed by atoms with Crippen molar-refractivity contribution >= 4 is 31.5 Å². The topological polar surface area (TPSA) is 46.2 Å². The summed E-state index contributed by atoms with van der Waals surface area (Å²) in [6.45, 7) is 0.773. The van der Waals surface area contributed by atoms with Crippen molar-refractivity contribution in [2.45, 2.75) is 17.7 Å². The van der Waals surface area contributed by atoms with Crippen LogP contribution in [0.5, 0.6) is 0 Å². The molecular formula is C11H12BrNO2S. The van der Waals surface area contributed by atoms with Gasteiger partial charge in [-0.25, -0.2) is 8.42 Å². The minimum Gasteiger partial charge on any atom is -0.383 e. The van der Waals surface area contributed by atoms with Crippen LogP contribution in [0.15, 0.2) is 27.6 Å². The van der Waals surface area contributed by atoms with Gasteiger partial charge >= 0.3 is 0 Å². The summed E-state index contributed by atoms with van der Waals surface area (Å²) in [6.07, 6.45) is 2.04. The van der Waals surface area contributed by atoms with Gasteiger partial charge in [0, 0.05) is 16.4 Å². The second kappa shape index (κ2) is 3.23. The van der Waals surface area contributed by atoms with Crippen LogP contribution in [0.4, 0.5) is 5.69 Å². The first-order valence-corrected chi connectivity index (χ1v) is 7.72. The number of hydrogen-bond acceptors (Lipinski definition) is 3. The molecular weight excluding hydrogens is 290 g/mol. The zero-order chi connectivity index (χ0) is 11.4. The Bertz CT molecular complexity index is 549. The molecule has 0 aromatic heterocycles. The van der Waals surface area contributed by atoms with Gasteiger partial charge in [0.1, 0.15) is 4.90 Å². The second-order valence-corrected chi connectivity index (χ2v) is 7.51. The fourth-order valence-electron chi connectivity index (χ4n) is 2.27. The Kier molecular flexibility index (Phi) is 2.14. The third-order valence-corrected chi connectivity index (χ3v) is 6.36. The Labute approximate surface area is 103 Å². The Morgan fingerprint density at radius 1 is 1.31 bits per heavy atom. The number of rotatable bonds is 0. The van der Waals surface area contributed by atoms with Crippen LogP contribution in [0.25, 0.3) is 0 Å². The molecule has 1 saturated carbocycles. The van der Waals surface area contributed by atoms with Crippen molar-refractivity contribution in [2.75, 3.05) is 17.6 Å². The first-order chi connectivity index (χ1) is 7.53. The van der Waals surface area contributed by atoms with Gasteiger partial charge in [0.05, 0.1) is 11.4 Å². The zero-order valence-corrected chi connectivity index (χ0v) is 11.1. The van der Waals surface area contributed by atoms with Gasteiger partial charge in [0.2, 0.25) is 0 Å². The summed E-state index contributed by atoms with van der Waals surface area (Å²) < 4.78 is 25.3. The van der Waals surface area contributed by atoms with Crippen LogP contribution >= 0.6 is 15.9 Å². The molecule has 0 bridgehead atoms. The largest absolute Gasteiger partial charge is 0.383 e. The average Bonchev–Trinajstić information content (AvgIpc) is 2.95. The first-order valence-electron chi connectivity index (χ1n) is 5.28. The minimum atomic E-state index is -3.16. The molecule has 86 valence electrons. The lowest BCUT2D eigenvalue weighted by Crippen LogP contribution is -2.20. The maximum atomic E-state index is 12.3. The molecule has 0 amide bonds. The van der Waals surface area contributed by atoms with E-state index in [0.29, 0.717) is 9.37 Å². The summed E-state index contributed by atoms with van der Waals surface area (Å²) >= 11 is 3.33. The summed E-state index contributed by atoms with van der Waals surface area (Å²) in [5.41, 5.74) is 0.732. The van der Waals surface area contributed by atoms with E-state index in [-0.39, 0.29) is 11.2 Å². The van der Waals surface area contributed by atoms with Gasteiger partial charge in [-0.05, 0) is 40.9 Å². The van der Waals surface area contributed by atoms with Crippen molar-refractivity contribution in [3.63, 3.8) is 0 Å². The van der Waals surface area contributed by atoms with Crippen LogP contribution in [0, 0.1) is 5.41 Å². The molecule has 5 heteroatoms. The summed E-state index contributed by atoms with van der Waals surface area (Å²) in [4.78, 5) is 0.429. The van der Waals surface area contributed by atoms with Gasteiger partial charge in [-0.3, -0.25) is 0 Å². The van der Waals surface area contributed by atoms with Gasteiger partial charge in [-0.1, -0.05) is 6.07 Å². The number of fused-ring (bicyclic) bond motifs is 1. The number of anilines is 1. The van der Waals surface area contributed by atoms with Crippen molar-refractivity contribution in [1.82, 2.24) is 0 Å². The lowest BCUT2D eigenvalue weighted by molar-refractivity contribution is 0.562. The van der Waals surface area contributed by atoms with E-state index in [1.165, 1.54) is 0 Å². The smallest absolute Gasteiger partial charge is 0.182 e. The molecule has 0 saturated heterocycles. The van der Waals surface area contributed by atoms with Gasteiger partial charge in [-0.15, -0.1) is 0 Å². The van der Waals surface area contributed by atoms with Gasteiger partial charge < -0.3 is 5.32 Å². The molecule has 1 aliphatic carbocycles. The van der Waals surface area contributed by atoms with E-state index in [0.717, 1.165) is 25.1 Å². The van der Waals surface area contributed by atoms with Crippen LogP contribution in [-0.4, -0.2) is 20.7 Å².